The number of nitrogens with one attached hydrogen (secondary N) is 1. The summed E-state index contributed by atoms with van der Waals surface area (Å²) >= 11 is 0. The van der Waals surface area contributed by atoms with Gasteiger partial charge in [-0.15, -0.1) is 0 Å². The first-order valence-corrected chi connectivity index (χ1v) is 5.52. The molecule has 16 heavy (non-hydrogen) atoms. The molecule has 0 saturated heterocycles. The van der Waals surface area contributed by atoms with Crippen molar-refractivity contribution in [3.05, 3.63) is 53.9 Å². The van der Waals surface area contributed by atoms with E-state index >= 15 is 0 Å². The third-order valence-electron chi connectivity index (χ3n) is 2.81. The zero-order chi connectivity index (χ0) is 11.4. The van der Waals surface area contributed by atoms with Crippen molar-refractivity contribution in [2.24, 2.45) is 7.05 Å². The van der Waals surface area contributed by atoms with Crippen molar-refractivity contribution in [1.82, 2.24) is 15.1 Å². The Morgan fingerprint density at radius 2 is 2.00 bits per heavy atom. The molecule has 0 aliphatic rings. The SMILES string of the molecule is C[C@@H](NCc1ccnn1C)c1ccccc1. The molecule has 1 heterocycles. The van der Waals surface area contributed by atoms with Crippen LogP contribution in [0.5, 0.6) is 0 Å². The Morgan fingerprint density at radius 3 is 2.62 bits per heavy atom. The number of aromatic nitrogens is 2. The van der Waals surface area contributed by atoms with Gasteiger partial charge in [-0.05, 0) is 18.6 Å². The third-order valence-corrected chi connectivity index (χ3v) is 2.81. The summed E-state index contributed by atoms with van der Waals surface area (Å²) < 4.78 is 1.89. The molecule has 0 amide bonds. The van der Waals surface area contributed by atoms with Crippen LogP contribution in [0.2, 0.25) is 0 Å². The largest absolute Gasteiger partial charge is 0.305 e. The molecule has 84 valence electrons. The second kappa shape index (κ2) is 4.94. The Morgan fingerprint density at radius 1 is 1.25 bits per heavy atom. The highest BCUT2D eigenvalue weighted by atomic mass is 15.3. The molecule has 2 rings (SSSR count). The molecule has 0 spiro atoms. The van der Waals surface area contributed by atoms with Gasteiger partial charge < -0.3 is 5.32 Å². The number of nitrogens with zero attached hydrogens (tertiary/aromatic N) is 2. The fourth-order valence-electron chi connectivity index (χ4n) is 1.69. The lowest BCUT2D eigenvalue weighted by molar-refractivity contribution is 0.548. The van der Waals surface area contributed by atoms with E-state index in [-0.39, 0.29) is 0 Å². The van der Waals surface area contributed by atoms with Crippen molar-refractivity contribution in [2.45, 2.75) is 19.5 Å². The number of aryl methyl sites for hydroxylation is 1. The standard InChI is InChI=1S/C13H17N3/c1-11(12-6-4-3-5-7-12)14-10-13-8-9-15-16(13)2/h3-9,11,14H,10H2,1-2H3/t11-/m1/s1. The smallest absolute Gasteiger partial charge is 0.0518 e. The zero-order valence-electron chi connectivity index (χ0n) is 9.72. The maximum Gasteiger partial charge on any atom is 0.0518 e. The third kappa shape index (κ3) is 2.49. The number of benzene rings is 1. The lowest BCUT2D eigenvalue weighted by Crippen LogP contribution is -2.19. The molecule has 3 heteroatoms. The normalized spacial score (nSPS) is 12.6. The van der Waals surface area contributed by atoms with Crippen LogP contribution in [0.25, 0.3) is 0 Å². The van der Waals surface area contributed by atoms with Gasteiger partial charge >= 0.3 is 0 Å². The van der Waals surface area contributed by atoms with Gasteiger partial charge in [-0.1, -0.05) is 30.3 Å². The second-order valence-corrected chi connectivity index (χ2v) is 3.96. The molecule has 0 unspecified atom stereocenters. The van der Waals surface area contributed by atoms with Crippen molar-refractivity contribution < 1.29 is 0 Å². The van der Waals surface area contributed by atoms with Crippen LogP contribution in [0, 0.1) is 0 Å². The Labute approximate surface area is 96.1 Å². The maximum absolute atomic E-state index is 4.14. The van der Waals surface area contributed by atoms with Crippen LogP contribution >= 0.6 is 0 Å². The second-order valence-electron chi connectivity index (χ2n) is 3.96. The van der Waals surface area contributed by atoms with Crippen molar-refractivity contribution >= 4 is 0 Å². The first-order chi connectivity index (χ1) is 7.77. The van der Waals surface area contributed by atoms with E-state index in [9.17, 15) is 0 Å². The Bertz CT molecular complexity index is 433. The molecule has 0 aliphatic carbocycles. The van der Waals surface area contributed by atoms with E-state index in [1.165, 1.54) is 11.3 Å². The van der Waals surface area contributed by atoms with E-state index in [0.717, 1.165) is 6.54 Å². The Kier molecular flexibility index (Phi) is 3.37. The maximum atomic E-state index is 4.14. The van der Waals surface area contributed by atoms with Crippen LogP contribution < -0.4 is 5.32 Å². The quantitative estimate of drug-likeness (QED) is 0.848. The van der Waals surface area contributed by atoms with E-state index in [2.05, 4.69) is 41.6 Å². The van der Waals surface area contributed by atoms with E-state index in [1.807, 2.05) is 30.1 Å². The van der Waals surface area contributed by atoms with Gasteiger partial charge in [0.1, 0.15) is 0 Å². The molecule has 1 atom stereocenters. The van der Waals surface area contributed by atoms with Gasteiger partial charge in [-0.3, -0.25) is 4.68 Å². The summed E-state index contributed by atoms with van der Waals surface area (Å²) in [7, 11) is 1.96. The molecule has 0 fully saturated rings. The van der Waals surface area contributed by atoms with Crippen LogP contribution in [0.15, 0.2) is 42.6 Å². The summed E-state index contributed by atoms with van der Waals surface area (Å²) in [5, 5.41) is 7.63. The molecule has 0 bridgehead atoms. The fraction of sp³-hybridized carbons (Fsp3) is 0.308. The van der Waals surface area contributed by atoms with Gasteiger partial charge in [-0.2, -0.15) is 5.10 Å². The van der Waals surface area contributed by atoms with Crippen molar-refractivity contribution in [3.63, 3.8) is 0 Å². The van der Waals surface area contributed by atoms with Crippen LogP contribution in [0.1, 0.15) is 24.2 Å². The predicted molar refractivity (Wildman–Crippen MR) is 64.9 cm³/mol. The molecule has 1 aromatic heterocycles. The van der Waals surface area contributed by atoms with Crippen molar-refractivity contribution in [1.29, 1.82) is 0 Å². The molecule has 0 aliphatic heterocycles. The van der Waals surface area contributed by atoms with Gasteiger partial charge in [0.15, 0.2) is 0 Å². The summed E-state index contributed by atoms with van der Waals surface area (Å²) in [6.07, 6.45) is 1.82. The van der Waals surface area contributed by atoms with E-state index in [4.69, 9.17) is 0 Å². The topological polar surface area (TPSA) is 29.9 Å². The van der Waals surface area contributed by atoms with E-state index < -0.39 is 0 Å². The van der Waals surface area contributed by atoms with Crippen LogP contribution in [0.4, 0.5) is 0 Å². The molecule has 3 nitrogen and oxygen atoms in total. The highest BCUT2D eigenvalue weighted by molar-refractivity contribution is 5.18. The zero-order valence-corrected chi connectivity index (χ0v) is 9.72. The minimum absolute atomic E-state index is 0.358. The van der Waals surface area contributed by atoms with Gasteiger partial charge in [-0.25, -0.2) is 0 Å². The molecule has 0 saturated carbocycles. The summed E-state index contributed by atoms with van der Waals surface area (Å²) in [4.78, 5) is 0. The van der Waals surface area contributed by atoms with Crippen molar-refractivity contribution in [2.75, 3.05) is 0 Å². The van der Waals surface area contributed by atoms with Gasteiger partial charge in [0.25, 0.3) is 0 Å². The molecular weight excluding hydrogens is 198 g/mol. The average Bonchev–Trinajstić information content (AvgIpc) is 2.73. The number of hydrogen-bond donors (Lipinski definition) is 1. The number of rotatable bonds is 4. The molecular formula is C13H17N3. The summed E-state index contributed by atoms with van der Waals surface area (Å²) in [6, 6.07) is 12.8. The Balaban J connectivity index is 1.94. The lowest BCUT2D eigenvalue weighted by Gasteiger charge is -2.14. The van der Waals surface area contributed by atoms with Gasteiger partial charge in [0.2, 0.25) is 0 Å². The fourth-order valence-corrected chi connectivity index (χ4v) is 1.69. The number of hydrogen-bond acceptors (Lipinski definition) is 2. The monoisotopic (exact) mass is 215 g/mol. The molecule has 0 radical (unpaired) electrons. The van der Waals surface area contributed by atoms with Crippen LogP contribution in [-0.4, -0.2) is 9.78 Å². The highest BCUT2D eigenvalue weighted by Gasteiger charge is 2.05. The summed E-state index contributed by atoms with van der Waals surface area (Å²) in [6.45, 7) is 3.01. The first kappa shape index (κ1) is 10.9. The van der Waals surface area contributed by atoms with Gasteiger partial charge in [0.05, 0.1) is 5.69 Å². The van der Waals surface area contributed by atoms with Crippen molar-refractivity contribution in [3.8, 4) is 0 Å². The molecule has 2 aromatic rings. The predicted octanol–water partition coefficient (Wildman–Crippen LogP) is 2.27. The minimum atomic E-state index is 0.358. The molecule has 1 aromatic carbocycles. The highest BCUT2D eigenvalue weighted by Crippen LogP contribution is 2.11. The van der Waals surface area contributed by atoms with E-state index in [1.54, 1.807) is 0 Å². The first-order valence-electron chi connectivity index (χ1n) is 5.52. The van der Waals surface area contributed by atoms with Crippen LogP contribution in [-0.2, 0) is 13.6 Å². The summed E-state index contributed by atoms with van der Waals surface area (Å²) in [5.41, 5.74) is 2.51. The summed E-state index contributed by atoms with van der Waals surface area (Å²) in [5.74, 6) is 0. The van der Waals surface area contributed by atoms with Crippen LogP contribution in [0.3, 0.4) is 0 Å². The molecule has 1 N–H and O–H groups in total. The minimum Gasteiger partial charge on any atom is -0.305 e. The average molecular weight is 215 g/mol. The van der Waals surface area contributed by atoms with Gasteiger partial charge in [0, 0.05) is 25.8 Å². The lowest BCUT2D eigenvalue weighted by atomic mass is 10.1. The van der Waals surface area contributed by atoms with E-state index in [0.29, 0.717) is 6.04 Å². The Hall–Kier alpha value is -1.61.